The van der Waals surface area contributed by atoms with Crippen LogP contribution in [0.4, 0.5) is 0 Å². The molecule has 0 spiro atoms. The normalized spacial score (nSPS) is 10.4. The third-order valence-electron chi connectivity index (χ3n) is 1.97. The lowest BCUT2D eigenvalue weighted by molar-refractivity contribution is 0.1000. The molecule has 1 aromatic heterocycles. The van der Waals surface area contributed by atoms with Gasteiger partial charge >= 0.3 is 0 Å². The van der Waals surface area contributed by atoms with E-state index in [4.69, 9.17) is 5.73 Å². The van der Waals surface area contributed by atoms with Gasteiger partial charge in [0.1, 0.15) is 0 Å². The number of carbonyl (C=O) groups is 1. The van der Waals surface area contributed by atoms with Crippen LogP contribution in [0.25, 0.3) is 10.9 Å². The number of rotatable bonds is 1. The number of hydrogen-bond acceptors (Lipinski definition) is 3. The summed E-state index contributed by atoms with van der Waals surface area (Å²) in [5, 5.41) is 0.869. The Morgan fingerprint density at radius 1 is 1.43 bits per heavy atom. The molecular weight excluding hydrogens is 196 g/mol. The minimum absolute atomic E-state index is 0.413. The van der Waals surface area contributed by atoms with E-state index in [1.807, 2.05) is 18.2 Å². The highest BCUT2D eigenvalue weighted by Gasteiger charge is 2.03. The van der Waals surface area contributed by atoms with Gasteiger partial charge in [-0.3, -0.25) is 9.78 Å². The van der Waals surface area contributed by atoms with Crippen molar-refractivity contribution in [2.45, 2.75) is 4.90 Å². The number of pyridine rings is 1. The molecule has 3 nitrogen and oxygen atoms in total. The maximum atomic E-state index is 10.9. The second-order valence-corrected chi connectivity index (χ2v) is 3.42. The number of fused-ring (bicyclic) bond motifs is 1. The van der Waals surface area contributed by atoms with Crippen molar-refractivity contribution in [3.05, 3.63) is 36.0 Å². The Kier molecular flexibility index (Phi) is 2.13. The Morgan fingerprint density at radius 3 is 2.93 bits per heavy atom. The van der Waals surface area contributed by atoms with Gasteiger partial charge in [-0.15, -0.1) is 12.6 Å². The van der Waals surface area contributed by atoms with E-state index < -0.39 is 5.91 Å². The molecule has 70 valence electrons. The first-order chi connectivity index (χ1) is 6.68. The van der Waals surface area contributed by atoms with Crippen LogP contribution in [0.2, 0.25) is 0 Å². The number of nitrogens with zero attached hydrogens (tertiary/aromatic N) is 1. The van der Waals surface area contributed by atoms with Gasteiger partial charge < -0.3 is 5.73 Å². The lowest BCUT2D eigenvalue weighted by atomic mass is 10.1. The zero-order valence-electron chi connectivity index (χ0n) is 7.27. The molecular formula is C10H8N2OS. The summed E-state index contributed by atoms with van der Waals surface area (Å²) < 4.78 is 0. The molecule has 1 heterocycles. The number of thiol groups is 1. The van der Waals surface area contributed by atoms with E-state index >= 15 is 0 Å². The monoisotopic (exact) mass is 204 g/mol. The van der Waals surface area contributed by atoms with Crippen LogP contribution in [0.5, 0.6) is 0 Å². The van der Waals surface area contributed by atoms with Crippen LogP contribution in [-0.4, -0.2) is 10.9 Å². The number of primary amides is 1. The second kappa shape index (κ2) is 3.31. The molecule has 0 aliphatic carbocycles. The first-order valence-electron chi connectivity index (χ1n) is 4.06. The average molecular weight is 204 g/mol. The van der Waals surface area contributed by atoms with E-state index in [0.29, 0.717) is 5.56 Å². The van der Waals surface area contributed by atoms with Crippen LogP contribution in [0, 0.1) is 0 Å². The van der Waals surface area contributed by atoms with Crippen LogP contribution in [0.3, 0.4) is 0 Å². The van der Waals surface area contributed by atoms with Gasteiger partial charge in [0.2, 0.25) is 5.91 Å². The van der Waals surface area contributed by atoms with E-state index in [1.54, 1.807) is 6.07 Å². The predicted octanol–water partition coefficient (Wildman–Crippen LogP) is 1.62. The van der Waals surface area contributed by atoms with Crippen LogP contribution in [-0.2, 0) is 0 Å². The fraction of sp³-hybridized carbons (Fsp3) is 0. The topological polar surface area (TPSA) is 56.0 Å². The van der Waals surface area contributed by atoms with Crippen LogP contribution < -0.4 is 5.73 Å². The quantitative estimate of drug-likeness (QED) is 0.693. The van der Waals surface area contributed by atoms with Gasteiger partial charge in [-0.1, -0.05) is 12.1 Å². The van der Waals surface area contributed by atoms with Crippen molar-refractivity contribution in [3.63, 3.8) is 0 Å². The van der Waals surface area contributed by atoms with E-state index in [-0.39, 0.29) is 0 Å². The highest BCUT2D eigenvalue weighted by atomic mass is 32.1. The fourth-order valence-corrected chi connectivity index (χ4v) is 1.55. The summed E-state index contributed by atoms with van der Waals surface area (Å²) >= 11 is 4.26. The molecule has 2 aromatic rings. The highest BCUT2D eigenvalue weighted by Crippen LogP contribution is 2.19. The van der Waals surface area contributed by atoms with Gasteiger partial charge in [-0.2, -0.15) is 0 Å². The molecule has 14 heavy (non-hydrogen) atoms. The molecule has 0 unspecified atom stereocenters. The molecule has 1 aromatic carbocycles. The number of para-hydroxylation sites is 1. The summed E-state index contributed by atoms with van der Waals surface area (Å²) in [5.74, 6) is -0.469. The van der Waals surface area contributed by atoms with Crippen molar-refractivity contribution >= 4 is 29.4 Å². The summed E-state index contributed by atoms with van der Waals surface area (Å²) in [6.07, 6.45) is 1.46. The molecule has 2 N–H and O–H groups in total. The molecule has 0 radical (unpaired) electrons. The Bertz CT molecular complexity index is 510. The van der Waals surface area contributed by atoms with Crippen molar-refractivity contribution in [2.75, 3.05) is 0 Å². The minimum atomic E-state index is -0.469. The Hall–Kier alpha value is -1.55. The van der Waals surface area contributed by atoms with Crippen LogP contribution in [0.1, 0.15) is 10.4 Å². The van der Waals surface area contributed by atoms with Crippen molar-refractivity contribution in [1.29, 1.82) is 0 Å². The number of amides is 1. The van der Waals surface area contributed by atoms with E-state index in [0.717, 1.165) is 15.8 Å². The largest absolute Gasteiger partial charge is 0.366 e. The molecule has 0 bridgehead atoms. The molecule has 1 amide bonds. The first-order valence-corrected chi connectivity index (χ1v) is 4.51. The van der Waals surface area contributed by atoms with E-state index in [2.05, 4.69) is 17.6 Å². The first kappa shape index (κ1) is 9.02. The number of aromatic nitrogens is 1. The maximum absolute atomic E-state index is 10.9. The van der Waals surface area contributed by atoms with Gasteiger partial charge in [-0.25, -0.2) is 0 Å². The van der Waals surface area contributed by atoms with Gasteiger partial charge in [0.05, 0.1) is 11.1 Å². The van der Waals surface area contributed by atoms with Crippen molar-refractivity contribution < 1.29 is 4.79 Å². The summed E-state index contributed by atoms with van der Waals surface area (Å²) in [4.78, 5) is 15.8. The number of hydrogen-bond donors (Lipinski definition) is 2. The number of carbonyl (C=O) groups excluding carboxylic acids is 1. The standard InChI is InChI=1S/C10H8N2OS/c11-10(13)7-4-6-2-1-3-8(14)9(6)12-5-7/h1-5,14H,(H2,11,13). The van der Waals surface area contributed by atoms with Gasteiger partial charge in [0.25, 0.3) is 0 Å². The lowest BCUT2D eigenvalue weighted by Crippen LogP contribution is -2.11. The third-order valence-corrected chi connectivity index (χ3v) is 2.34. The van der Waals surface area contributed by atoms with E-state index in [1.165, 1.54) is 6.20 Å². The summed E-state index contributed by atoms with van der Waals surface area (Å²) in [6.45, 7) is 0. The zero-order valence-corrected chi connectivity index (χ0v) is 8.16. The SMILES string of the molecule is NC(=O)c1cnc2c(S)cccc2c1. The smallest absolute Gasteiger partial charge is 0.250 e. The van der Waals surface area contributed by atoms with Crippen molar-refractivity contribution in [1.82, 2.24) is 4.98 Å². The van der Waals surface area contributed by atoms with E-state index in [9.17, 15) is 4.79 Å². The summed E-state index contributed by atoms with van der Waals surface area (Å²) in [7, 11) is 0. The molecule has 0 aliphatic rings. The molecule has 0 fully saturated rings. The maximum Gasteiger partial charge on any atom is 0.250 e. The van der Waals surface area contributed by atoms with Crippen molar-refractivity contribution in [2.24, 2.45) is 5.73 Å². The number of nitrogens with two attached hydrogens (primary N) is 1. The molecule has 4 heteroatoms. The molecule has 0 saturated heterocycles. The van der Waals surface area contributed by atoms with Crippen molar-refractivity contribution in [3.8, 4) is 0 Å². The van der Waals surface area contributed by atoms with Crippen LogP contribution in [0.15, 0.2) is 35.4 Å². The Morgan fingerprint density at radius 2 is 2.21 bits per heavy atom. The average Bonchev–Trinajstić information content (AvgIpc) is 2.17. The molecule has 0 aliphatic heterocycles. The second-order valence-electron chi connectivity index (χ2n) is 2.94. The van der Waals surface area contributed by atoms with Gasteiger partial charge in [0.15, 0.2) is 0 Å². The lowest BCUT2D eigenvalue weighted by Gasteiger charge is -2.01. The zero-order chi connectivity index (χ0) is 10.1. The summed E-state index contributed by atoms with van der Waals surface area (Å²) in [5.41, 5.74) is 6.34. The minimum Gasteiger partial charge on any atom is -0.366 e. The Balaban J connectivity index is 2.73. The highest BCUT2D eigenvalue weighted by molar-refractivity contribution is 7.80. The Labute approximate surface area is 86.4 Å². The number of benzene rings is 1. The molecule has 2 rings (SSSR count). The predicted molar refractivity (Wildman–Crippen MR) is 57.5 cm³/mol. The molecule has 0 saturated carbocycles. The third kappa shape index (κ3) is 1.44. The molecule has 0 atom stereocenters. The summed E-state index contributed by atoms with van der Waals surface area (Å²) in [6, 6.07) is 7.29. The van der Waals surface area contributed by atoms with Gasteiger partial charge in [-0.05, 0) is 12.1 Å². The van der Waals surface area contributed by atoms with Crippen LogP contribution >= 0.6 is 12.6 Å². The fourth-order valence-electron chi connectivity index (χ4n) is 1.28. The van der Waals surface area contributed by atoms with Gasteiger partial charge in [0, 0.05) is 16.5 Å².